The number of nitrogens with one attached hydrogen (secondary N) is 1. The predicted octanol–water partition coefficient (Wildman–Crippen LogP) is 2.61. The van der Waals surface area contributed by atoms with Gasteiger partial charge in [0.25, 0.3) is 5.69 Å². The average Bonchev–Trinajstić information content (AvgIpc) is 2.28. The average molecular weight is 273 g/mol. The first-order chi connectivity index (χ1) is 8.45. The van der Waals surface area contributed by atoms with Crippen LogP contribution in [0.3, 0.4) is 0 Å². The quantitative estimate of drug-likeness (QED) is 0.506. The van der Waals surface area contributed by atoms with Gasteiger partial charge in [-0.3, -0.25) is 10.1 Å². The van der Waals surface area contributed by atoms with Gasteiger partial charge in [-0.25, -0.2) is 4.79 Å². The Morgan fingerprint density at radius 3 is 2.83 bits per heavy atom. The zero-order valence-corrected chi connectivity index (χ0v) is 10.7. The fourth-order valence-electron chi connectivity index (χ4n) is 1.34. The second-order valence-electron chi connectivity index (χ2n) is 3.54. The van der Waals surface area contributed by atoms with Gasteiger partial charge in [-0.1, -0.05) is 11.6 Å². The molecule has 1 aromatic carbocycles. The van der Waals surface area contributed by atoms with Crippen LogP contribution < -0.4 is 5.32 Å². The molecule has 1 aromatic rings. The molecule has 0 aliphatic rings. The molecule has 0 aliphatic carbocycles. The molecule has 0 fully saturated rings. The van der Waals surface area contributed by atoms with Gasteiger partial charge in [0.2, 0.25) is 0 Å². The van der Waals surface area contributed by atoms with Crippen molar-refractivity contribution in [2.24, 2.45) is 0 Å². The second kappa shape index (κ2) is 6.20. The molecule has 0 saturated carbocycles. The number of halogens is 1. The Kier molecular flexibility index (Phi) is 4.91. The summed E-state index contributed by atoms with van der Waals surface area (Å²) in [6.07, 6.45) is 0. The fourth-order valence-corrected chi connectivity index (χ4v) is 1.51. The van der Waals surface area contributed by atoms with E-state index in [0.717, 1.165) is 0 Å². The number of anilines is 1. The number of carbonyl (C=O) groups excluding carboxylic acids is 1. The highest BCUT2D eigenvalue weighted by molar-refractivity contribution is 6.31. The lowest BCUT2D eigenvalue weighted by Crippen LogP contribution is -2.28. The van der Waals surface area contributed by atoms with E-state index < -0.39 is 16.9 Å². The van der Waals surface area contributed by atoms with Gasteiger partial charge in [0.15, 0.2) is 0 Å². The molecule has 0 bridgehead atoms. The maximum atomic E-state index is 11.4. The summed E-state index contributed by atoms with van der Waals surface area (Å²) < 4.78 is 4.80. The fraction of sp³-hybridized carbons (Fsp3) is 0.364. The smallest absolute Gasteiger partial charge is 0.328 e. The van der Waals surface area contributed by atoms with E-state index in [1.807, 2.05) is 0 Å². The van der Waals surface area contributed by atoms with Crippen LogP contribution in [0.2, 0.25) is 5.02 Å². The molecule has 0 heterocycles. The molecule has 0 aromatic heterocycles. The van der Waals surface area contributed by atoms with Crippen LogP contribution in [0.25, 0.3) is 0 Å². The molecule has 1 N–H and O–H groups in total. The lowest BCUT2D eigenvalue weighted by molar-refractivity contribution is -0.384. The number of carbonyl (C=O) groups is 1. The molecule has 0 radical (unpaired) electrons. The minimum Gasteiger partial charge on any atom is -0.464 e. The summed E-state index contributed by atoms with van der Waals surface area (Å²) in [5.74, 6) is -0.480. The van der Waals surface area contributed by atoms with Gasteiger partial charge in [0.05, 0.1) is 11.5 Å². The van der Waals surface area contributed by atoms with Crippen LogP contribution in [0.4, 0.5) is 11.4 Å². The number of ether oxygens (including phenoxy) is 1. The molecule has 18 heavy (non-hydrogen) atoms. The number of benzene rings is 1. The molecular formula is C11H13ClN2O4. The molecule has 1 rings (SSSR count). The molecule has 7 heteroatoms. The van der Waals surface area contributed by atoms with Crippen LogP contribution >= 0.6 is 11.6 Å². The maximum Gasteiger partial charge on any atom is 0.328 e. The molecule has 0 saturated heterocycles. The predicted molar refractivity (Wildman–Crippen MR) is 67.8 cm³/mol. The number of hydrogen-bond acceptors (Lipinski definition) is 5. The van der Waals surface area contributed by atoms with Crippen molar-refractivity contribution in [1.82, 2.24) is 0 Å². The molecule has 6 nitrogen and oxygen atoms in total. The third-order valence-electron chi connectivity index (χ3n) is 2.17. The first-order valence-electron chi connectivity index (χ1n) is 5.32. The van der Waals surface area contributed by atoms with Crippen molar-refractivity contribution in [1.29, 1.82) is 0 Å². The van der Waals surface area contributed by atoms with Crippen molar-refractivity contribution in [2.45, 2.75) is 19.9 Å². The minimum absolute atomic E-state index is 0.143. The standard InChI is InChI=1S/C11H13ClN2O4/c1-3-18-11(15)7(2)13-9-6-8(12)4-5-10(9)14(16)17/h4-7,13H,3H2,1-2H3. The minimum atomic E-state index is -0.692. The van der Waals surface area contributed by atoms with Gasteiger partial charge in [-0.2, -0.15) is 0 Å². The zero-order valence-electron chi connectivity index (χ0n) is 9.97. The number of nitrogens with zero attached hydrogens (tertiary/aromatic N) is 1. The lowest BCUT2D eigenvalue weighted by Gasteiger charge is -2.14. The zero-order chi connectivity index (χ0) is 13.7. The number of nitro benzene ring substituents is 1. The Labute approximate surface area is 109 Å². The molecule has 0 amide bonds. The van der Waals surface area contributed by atoms with Gasteiger partial charge in [0, 0.05) is 11.1 Å². The van der Waals surface area contributed by atoms with Crippen molar-refractivity contribution >= 4 is 28.9 Å². The van der Waals surface area contributed by atoms with Gasteiger partial charge in [-0.15, -0.1) is 0 Å². The first kappa shape index (κ1) is 14.2. The molecule has 0 spiro atoms. The van der Waals surface area contributed by atoms with Crippen molar-refractivity contribution in [3.05, 3.63) is 33.3 Å². The second-order valence-corrected chi connectivity index (χ2v) is 3.97. The van der Waals surface area contributed by atoms with E-state index in [4.69, 9.17) is 16.3 Å². The third-order valence-corrected chi connectivity index (χ3v) is 2.40. The number of esters is 1. The first-order valence-corrected chi connectivity index (χ1v) is 5.70. The highest BCUT2D eigenvalue weighted by atomic mass is 35.5. The van der Waals surface area contributed by atoms with Crippen LogP contribution in [0.5, 0.6) is 0 Å². The molecule has 1 atom stereocenters. The van der Waals surface area contributed by atoms with Crippen molar-refractivity contribution in [2.75, 3.05) is 11.9 Å². The Balaban J connectivity index is 2.92. The summed E-state index contributed by atoms with van der Waals surface area (Å²) in [6.45, 7) is 3.50. The van der Waals surface area contributed by atoms with Crippen molar-refractivity contribution in [3.8, 4) is 0 Å². The van der Waals surface area contributed by atoms with Crippen LogP contribution in [0.1, 0.15) is 13.8 Å². The van der Waals surface area contributed by atoms with E-state index >= 15 is 0 Å². The summed E-state index contributed by atoms with van der Waals surface area (Å²) in [6, 6.07) is 3.40. The summed E-state index contributed by atoms with van der Waals surface area (Å²) in [5, 5.41) is 13.9. The SMILES string of the molecule is CCOC(=O)C(C)Nc1cc(Cl)ccc1[N+](=O)[O-]. The van der Waals surface area contributed by atoms with Crippen molar-refractivity contribution < 1.29 is 14.5 Å². The Morgan fingerprint density at radius 1 is 1.61 bits per heavy atom. The Hall–Kier alpha value is -1.82. The van der Waals surface area contributed by atoms with E-state index in [1.165, 1.54) is 18.2 Å². The van der Waals surface area contributed by atoms with E-state index in [2.05, 4.69) is 5.32 Å². The van der Waals surface area contributed by atoms with Gasteiger partial charge in [0.1, 0.15) is 11.7 Å². The summed E-state index contributed by atoms with van der Waals surface area (Å²) >= 11 is 5.77. The lowest BCUT2D eigenvalue weighted by atomic mass is 10.2. The Bertz CT molecular complexity index is 464. The third kappa shape index (κ3) is 3.59. The Morgan fingerprint density at radius 2 is 2.28 bits per heavy atom. The summed E-state index contributed by atoms with van der Waals surface area (Å²) in [4.78, 5) is 21.7. The largest absolute Gasteiger partial charge is 0.464 e. The van der Waals surface area contributed by atoms with Crippen LogP contribution in [-0.4, -0.2) is 23.5 Å². The van der Waals surface area contributed by atoms with Gasteiger partial charge >= 0.3 is 5.97 Å². The van der Waals surface area contributed by atoms with Gasteiger partial charge in [-0.05, 0) is 26.0 Å². The van der Waals surface area contributed by atoms with Gasteiger partial charge < -0.3 is 10.1 Å². The molecule has 1 unspecified atom stereocenters. The normalized spacial score (nSPS) is 11.7. The number of hydrogen-bond donors (Lipinski definition) is 1. The van der Waals surface area contributed by atoms with E-state index in [1.54, 1.807) is 13.8 Å². The van der Waals surface area contributed by atoms with Crippen LogP contribution in [0, 0.1) is 10.1 Å². The number of rotatable bonds is 5. The highest BCUT2D eigenvalue weighted by Crippen LogP contribution is 2.28. The highest BCUT2D eigenvalue weighted by Gasteiger charge is 2.19. The van der Waals surface area contributed by atoms with Crippen LogP contribution in [-0.2, 0) is 9.53 Å². The van der Waals surface area contributed by atoms with E-state index in [-0.39, 0.29) is 18.0 Å². The van der Waals surface area contributed by atoms with E-state index in [0.29, 0.717) is 5.02 Å². The number of nitro groups is 1. The topological polar surface area (TPSA) is 81.5 Å². The van der Waals surface area contributed by atoms with E-state index in [9.17, 15) is 14.9 Å². The molecule has 98 valence electrons. The summed E-state index contributed by atoms with van der Waals surface area (Å²) in [7, 11) is 0. The maximum absolute atomic E-state index is 11.4. The molecule has 0 aliphatic heterocycles. The summed E-state index contributed by atoms with van der Waals surface area (Å²) in [5.41, 5.74) is 0.0450. The molecular weight excluding hydrogens is 260 g/mol. The monoisotopic (exact) mass is 272 g/mol. The van der Waals surface area contributed by atoms with Crippen molar-refractivity contribution in [3.63, 3.8) is 0 Å². The van der Waals surface area contributed by atoms with Crippen LogP contribution in [0.15, 0.2) is 18.2 Å².